The molecule has 0 atom stereocenters. The van der Waals surface area contributed by atoms with Gasteiger partial charge in [-0.3, -0.25) is 0 Å². The van der Waals surface area contributed by atoms with Crippen LogP contribution in [0.4, 0.5) is 0 Å². The summed E-state index contributed by atoms with van der Waals surface area (Å²) >= 11 is 6.83. The van der Waals surface area contributed by atoms with E-state index in [1.807, 2.05) is 14.1 Å². The van der Waals surface area contributed by atoms with Gasteiger partial charge in [0.15, 0.2) is 8.68 Å². The van der Waals surface area contributed by atoms with Crippen molar-refractivity contribution in [3.63, 3.8) is 0 Å². The zero-order valence-electron chi connectivity index (χ0n) is 11.3. The topological polar surface area (TPSA) is 53.5 Å². The van der Waals surface area contributed by atoms with Crippen LogP contribution in [0.15, 0.2) is 4.21 Å². The van der Waals surface area contributed by atoms with Crippen molar-refractivity contribution < 1.29 is 8.42 Å². The molecule has 1 aliphatic rings. The van der Waals surface area contributed by atoms with Crippen LogP contribution in [-0.2, 0) is 10.0 Å². The lowest BCUT2D eigenvalue weighted by Gasteiger charge is -2.34. The van der Waals surface area contributed by atoms with Gasteiger partial charge in [0.25, 0.3) is 10.0 Å². The van der Waals surface area contributed by atoms with Crippen molar-refractivity contribution in [3.05, 3.63) is 10.2 Å². The second-order valence-corrected chi connectivity index (χ2v) is 8.65. The molecule has 0 radical (unpaired) electrons. The minimum Gasteiger partial charge on any atom is -0.306 e. The number of nitrogens with zero attached hydrogens (tertiary/aromatic N) is 3. The molecule has 19 heavy (non-hydrogen) atoms. The fourth-order valence-corrected chi connectivity index (χ4v) is 5.65. The summed E-state index contributed by atoms with van der Waals surface area (Å²) in [5, 5.41) is 0. The smallest absolute Gasteiger partial charge is 0.254 e. The Hall–Kier alpha value is -0.210. The molecule has 0 unspecified atom stereocenters. The van der Waals surface area contributed by atoms with Gasteiger partial charge in [-0.15, -0.1) is 0 Å². The molecule has 1 aliphatic heterocycles. The predicted molar refractivity (Wildman–Crippen MR) is 77.3 cm³/mol. The van der Waals surface area contributed by atoms with E-state index in [1.54, 1.807) is 11.2 Å². The van der Waals surface area contributed by atoms with Crippen LogP contribution in [0.2, 0.25) is 4.47 Å². The molecule has 0 saturated carbocycles. The van der Waals surface area contributed by atoms with Gasteiger partial charge in [-0.25, -0.2) is 13.4 Å². The first-order chi connectivity index (χ1) is 8.82. The SMILES string of the molecule is Cc1nc(Cl)sc1S(=O)(=O)N1CCC(N(C)C)CC1. The predicted octanol–water partition coefficient (Wildman–Crippen LogP) is 1.82. The summed E-state index contributed by atoms with van der Waals surface area (Å²) in [5.41, 5.74) is 0.490. The molecule has 0 aromatic carbocycles. The van der Waals surface area contributed by atoms with Crippen LogP contribution in [0.1, 0.15) is 18.5 Å². The van der Waals surface area contributed by atoms with Gasteiger partial charge < -0.3 is 4.90 Å². The molecule has 2 heterocycles. The number of hydrogen-bond acceptors (Lipinski definition) is 5. The normalized spacial score (nSPS) is 19.2. The number of piperidine rings is 1. The van der Waals surface area contributed by atoms with Gasteiger partial charge >= 0.3 is 0 Å². The Bertz CT molecular complexity index is 548. The highest BCUT2D eigenvalue weighted by Crippen LogP contribution is 2.31. The summed E-state index contributed by atoms with van der Waals surface area (Å²) in [4.78, 5) is 6.14. The van der Waals surface area contributed by atoms with Gasteiger partial charge in [0.2, 0.25) is 0 Å². The Balaban J connectivity index is 2.16. The van der Waals surface area contributed by atoms with E-state index in [-0.39, 0.29) is 8.68 Å². The number of rotatable bonds is 3. The first-order valence-corrected chi connectivity index (χ1v) is 8.75. The molecule has 0 aliphatic carbocycles. The van der Waals surface area contributed by atoms with Crippen molar-refractivity contribution in [3.8, 4) is 0 Å². The molecule has 0 amide bonds. The number of hydrogen-bond donors (Lipinski definition) is 0. The highest BCUT2D eigenvalue weighted by Gasteiger charge is 2.32. The van der Waals surface area contributed by atoms with Crippen LogP contribution in [0.25, 0.3) is 0 Å². The minimum absolute atomic E-state index is 0.277. The Morgan fingerprint density at radius 2 is 1.95 bits per heavy atom. The molecule has 1 saturated heterocycles. The lowest BCUT2D eigenvalue weighted by molar-refractivity contribution is 0.196. The molecular weight excluding hydrogens is 306 g/mol. The van der Waals surface area contributed by atoms with E-state index >= 15 is 0 Å². The summed E-state index contributed by atoms with van der Waals surface area (Å²) < 4.78 is 27.1. The molecule has 5 nitrogen and oxygen atoms in total. The van der Waals surface area contributed by atoms with E-state index in [4.69, 9.17) is 11.6 Å². The Labute approximate surface area is 123 Å². The van der Waals surface area contributed by atoms with Crippen molar-refractivity contribution in [2.24, 2.45) is 0 Å². The second-order valence-electron chi connectivity index (χ2n) is 4.94. The quantitative estimate of drug-likeness (QED) is 0.851. The molecule has 8 heteroatoms. The maximum absolute atomic E-state index is 12.5. The number of aromatic nitrogens is 1. The maximum atomic E-state index is 12.5. The standard InChI is InChI=1S/C11H18ClN3O2S2/c1-8-10(18-11(12)13-8)19(16,17)15-6-4-9(5-7-15)14(2)3/h9H,4-7H2,1-3H3. The third-order valence-corrected chi connectivity index (χ3v) is 7.20. The van der Waals surface area contributed by atoms with E-state index < -0.39 is 10.0 Å². The van der Waals surface area contributed by atoms with Crippen LogP contribution >= 0.6 is 22.9 Å². The molecule has 0 spiro atoms. The van der Waals surface area contributed by atoms with Crippen LogP contribution in [0, 0.1) is 6.92 Å². The van der Waals surface area contributed by atoms with E-state index in [0.29, 0.717) is 24.8 Å². The monoisotopic (exact) mass is 323 g/mol. The molecule has 0 bridgehead atoms. The van der Waals surface area contributed by atoms with Gasteiger partial charge in [0.05, 0.1) is 5.69 Å². The summed E-state index contributed by atoms with van der Waals surface area (Å²) in [7, 11) is 0.625. The molecule has 1 fully saturated rings. The van der Waals surface area contributed by atoms with Gasteiger partial charge in [-0.2, -0.15) is 4.31 Å². The third-order valence-electron chi connectivity index (χ3n) is 3.46. The lowest BCUT2D eigenvalue weighted by Crippen LogP contribution is -2.44. The van der Waals surface area contributed by atoms with Gasteiger partial charge in [0.1, 0.15) is 0 Å². The Kier molecular flexibility index (Phi) is 4.52. The first-order valence-electron chi connectivity index (χ1n) is 6.12. The van der Waals surface area contributed by atoms with E-state index in [2.05, 4.69) is 9.88 Å². The highest BCUT2D eigenvalue weighted by atomic mass is 35.5. The highest BCUT2D eigenvalue weighted by molar-refractivity contribution is 7.91. The average Bonchev–Trinajstić information content (AvgIpc) is 2.69. The average molecular weight is 324 g/mol. The third kappa shape index (κ3) is 3.11. The second kappa shape index (κ2) is 5.65. The van der Waals surface area contributed by atoms with E-state index in [9.17, 15) is 8.42 Å². The van der Waals surface area contributed by atoms with Crippen LogP contribution in [-0.4, -0.2) is 55.8 Å². The van der Waals surface area contributed by atoms with Crippen molar-refractivity contribution in [1.29, 1.82) is 0 Å². The zero-order valence-corrected chi connectivity index (χ0v) is 13.6. The largest absolute Gasteiger partial charge is 0.306 e. The van der Waals surface area contributed by atoms with Crippen molar-refractivity contribution >= 4 is 33.0 Å². The van der Waals surface area contributed by atoms with Crippen molar-refractivity contribution in [2.75, 3.05) is 27.2 Å². The van der Waals surface area contributed by atoms with Crippen molar-refractivity contribution in [2.45, 2.75) is 30.0 Å². The van der Waals surface area contributed by atoms with Gasteiger partial charge in [0, 0.05) is 19.1 Å². The lowest BCUT2D eigenvalue weighted by atomic mass is 10.1. The summed E-state index contributed by atoms with van der Waals surface area (Å²) in [6.45, 7) is 2.79. The molecule has 1 aromatic heterocycles. The number of sulfonamides is 1. The minimum atomic E-state index is -3.43. The van der Waals surface area contributed by atoms with Gasteiger partial charge in [-0.05, 0) is 33.9 Å². The molecular formula is C11H18ClN3O2S2. The van der Waals surface area contributed by atoms with Crippen molar-refractivity contribution in [1.82, 2.24) is 14.2 Å². The van der Waals surface area contributed by atoms with Crippen LogP contribution in [0.5, 0.6) is 0 Å². The van der Waals surface area contributed by atoms with Crippen LogP contribution in [0.3, 0.4) is 0 Å². The van der Waals surface area contributed by atoms with Crippen LogP contribution < -0.4 is 0 Å². The summed E-state index contributed by atoms with van der Waals surface area (Å²) in [5.74, 6) is 0. The fraction of sp³-hybridized carbons (Fsp3) is 0.727. The summed E-state index contributed by atoms with van der Waals surface area (Å²) in [6.07, 6.45) is 1.72. The molecule has 2 rings (SSSR count). The summed E-state index contributed by atoms with van der Waals surface area (Å²) in [6, 6.07) is 0.456. The maximum Gasteiger partial charge on any atom is 0.254 e. The van der Waals surface area contributed by atoms with E-state index in [1.165, 1.54) is 0 Å². The number of thiazole rings is 1. The molecule has 1 aromatic rings. The molecule has 108 valence electrons. The zero-order chi connectivity index (χ0) is 14.2. The van der Waals surface area contributed by atoms with E-state index in [0.717, 1.165) is 24.2 Å². The molecule has 0 N–H and O–H groups in total. The number of aryl methyl sites for hydroxylation is 1. The number of halogens is 1. The fourth-order valence-electron chi connectivity index (χ4n) is 2.31. The first kappa shape index (κ1) is 15.2. The van der Waals surface area contributed by atoms with Gasteiger partial charge in [-0.1, -0.05) is 22.9 Å². The Morgan fingerprint density at radius 1 is 1.37 bits per heavy atom. The Morgan fingerprint density at radius 3 is 2.37 bits per heavy atom.